The molecule has 140 valence electrons. The number of carbonyl (C=O) groups excluding carboxylic acids is 1. The molecule has 5 nitrogen and oxygen atoms in total. The summed E-state index contributed by atoms with van der Waals surface area (Å²) in [6, 6.07) is 12.6. The highest BCUT2D eigenvalue weighted by Crippen LogP contribution is 2.37. The summed E-state index contributed by atoms with van der Waals surface area (Å²) in [6.07, 6.45) is 1.73. The van der Waals surface area contributed by atoms with E-state index in [1.54, 1.807) is 11.3 Å². The van der Waals surface area contributed by atoms with Gasteiger partial charge in [-0.1, -0.05) is 30.3 Å². The fourth-order valence-corrected chi connectivity index (χ4v) is 4.74. The number of anilines is 1. The summed E-state index contributed by atoms with van der Waals surface area (Å²) >= 11 is 1.71. The number of piperidine rings is 1. The van der Waals surface area contributed by atoms with E-state index in [4.69, 9.17) is 4.98 Å². The van der Waals surface area contributed by atoms with Gasteiger partial charge in [-0.2, -0.15) is 0 Å². The van der Waals surface area contributed by atoms with Crippen LogP contribution in [0.25, 0.3) is 20.7 Å². The van der Waals surface area contributed by atoms with Gasteiger partial charge < -0.3 is 10.2 Å². The maximum Gasteiger partial charge on any atom is 0.223 e. The number of thiophene rings is 1. The van der Waals surface area contributed by atoms with Crippen LogP contribution in [0.4, 0.5) is 5.82 Å². The lowest BCUT2D eigenvalue weighted by atomic mass is 9.96. The topological polar surface area (TPSA) is 58.1 Å². The summed E-state index contributed by atoms with van der Waals surface area (Å²) in [5.74, 6) is 2.10. The highest BCUT2D eigenvalue weighted by molar-refractivity contribution is 7.21. The molecule has 0 saturated carbocycles. The van der Waals surface area contributed by atoms with E-state index in [9.17, 15) is 4.79 Å². The van der Waals surface area contributed by atoms with Gasteiger partial charge in [0.1, 0.15) is 16.5 Å². The Hall–Kier alpha value is -2.47. The molecule has 0 aliphatic carbocycles. The fourth-order valence-electron chi connectivity index (χ4n) is 3.67. The Bertz CT molecular complexity index is 945. The Morgan fingerprint density at radius 1 is 1.22 bits per heavy atom. The molecule has 2 aromatic heterocycles. The molecule has 0 unspecified atom stereocenters. The lowest BCUT2D eigenvalue weighted by molar-refractivity contribution is -0.125. The minimum absolute atomic E-state index is 0.113. The lowest BCUT2D eigenvalue weighted by Crippen LogP contribution is -2.40. The van der Waals surface area contributed by atoms with Crippen LogP contribution in [-0.2, 0) is 4.79 Å². The molecule has 1 N–H and O–H groups in total. The second-order valence-electron chi connectivity index (χ2n) is 6.95. The SMILES string of the molecule is CCNC(=O)C1CCN(c2nc(C)nc3sc(-c4ccccc4)cc23)CC1. The first-order valence-electron chi connectivity index (χ1n) is 9.52. The lowest BCUT2D eigenvalue weighted by Gasteiger charge is -2.32. The summed E-state index contributed by atoms with van der Waals surface area (Å²) in [5.41, 5.74) is 1.21. The molecular formula is C21H24N4OS. The smallest absolute Gasteiger partial charge is 0.223 e. The first kappa shape index (κ1) is 17.9. The number of aromatic nitrogens is 2. The van der Waals surface area contributed by atoms with Crippen LogP contribution in [0.5, 0.6) is 0 Å². The van der Waals surface area contributed by atoms with Crippen LogP contribution in [0.1, 0.15) is 25.6 Å². The van der Waals surface area contributed by atoms with Crippen LogP contribution in [0.15, 0.2) is 36.4 Å². The van der Waals surface area contributed by atoms with Crippen molar-refractivity contribution < 1.29 is 4.79 Å². The van der Waals surface area contributed by atoms with Crippen LogP contribution < -0.4 is 10.2 Å². The highest BCUT2D eigenvalue weighted by atomic mass is 32.1. The molecule has 0 atom stereocenters. The van der Waals surface area contributed by atoms with E-state index in [-0.39, 0.29) is 11.8 Å². The van der Waals surface area contributed by atoms with E-state index in [1.165, 1.54) is 10.4 Å². The highest BCUT2D eigenvalue weighted by Gasteiger charge is 2.26. The molecule has 1 aliphatic rings. The molecular weight excluding hydrogens is 356 g/mol. The molecule has 3 heterocycles. The number of aryl methyl sites for hydroxylation is 1. The minimum Gasteiger partial charge on any atom is -0.356 e. The standard InChI is InChI=1S/C21H24N4OS/c1-3-22-20(26)16-9-11-25(12-10-16)19-17-13-18(15-7-5-4-6-8-15)27-21(17)24-14(2)23-19/h4-8,13,16H,3,9-12H2,1-2H3,(H,22,26). The third kappa shape index (κ3) is 3.67. The van der Waals surface area contributed by atoms with Crippen LogP contribution in [-0.4, -0.2) is 35.5 Å². The van der Waals surface area contributed by atoms with Crippen molar-refractivity contribution in [1.29, 1.82) is 0 Å². The third-order valence-corrected chi connectivity index (χ3v) is 6.14. The molecule has 1 saturated heterocycles. The van der Waals surface area contributed by atoms with Gasteiger partial charge in [-0.25, -0.2) is 9.97 Å². The Labute approximate surface area is 163 Å². The number of nitrogens with zero attached hydrogens (tertiary/aromatic N) is 3. The van der Waals surface area contributed by atoms with Crippen molar-refractivity contribution in [3.8, 4) is 10.4 Å². The molecule has 1 fully saturated rings. The number of hydrogen-bond acceptors (Lipinski definition) is 5. The molecule has 27 heavy (non-hydrogen) atoms. The van der Waals surface area contributed by atoms with E-state index < -0.39 is 0 Å². The molecule has 6 heteroatoms. The van der Waals surface area contributed by atoms with E-state index in [1.807, 2.05) is 19.9 Å². The molecule has 1 aliphatic heterocycles. The maximum absolute atomic E-state index is 12.1. The molecule has 4 rings (SSSR count). The van der Waals surface area contributed by atoms with Crippen LogP contribution in [0.3, 0.4) is 0 Å². The van der Waals surface area contributed by atoms with Gasteiger partial charge in [-0.15, -0.1) is 11.3 Å². The van der Waals surface area contributed by atoms with Gasteiger partial charge in [0.25, 0.3) is 0 Å². The van der Waals surface area contributed by atoms with Crippen molar-refractivity contribution >= 4 is 33.3 Å². The van der Waals surface area contributed by atoms with E-state index in [2.05, 4.69) is 45.5 Å². The van der Waals surface area contributed by atoms with Gasteiger partial charge in [0, 0.05) is 30.4 Å². The molecule has 0 bridgehead atoms. The Morgan fingerprint density at radius 3 is 2.67 bits per heavy atom. The number of benzene rings is 1. The summed E-state index contributed by atoms with van der Waals surface area (Å²) in [6.45, 7) is 6.32. The molecule has 1 aromatic carbocycles. The van der Waals surface area contributed by atoms with Crippen molar-refractivity contribution in [3.05, 3.63) is 42.2 Å². The van der Waals surface area contributed by atoms with Crippen LogP contribution in [0, 0.1) is 12.8 Å². The van der Waals surface area contributed by atoms with E-state index >= 15 is 0 Å². The van der Waals surface area contributed by atoms with Crippen LogP contribution >= 0.6 is 11.3 Å². The third-order valence-electron chi connectivity index (χ3n) is 5.06. The first-order valence-corrected chi connectivity index (χ1v) is 10.3. The van der Waals surface area contributed by atoms with E-state index in [0.717, 1.165) is 47.8 Å². The van der Waals surface area contributed by atoms with E-state index in [0.29, 0.717) is 6.54 Å². The second kappa shape index (κ2) is 7.64. The summed E-state index contributed by atoms with van der Waals surface area (Å²) < 4.78 is 0. The number of hydrogen-bond donors (Lipinski definition) is 1. The number of rotatable bonds is 4. The Kier molecular flexibility index (Phi) is 5.07. The average Bonchev–Trinajstić information content (AvgIpc) is 3.12. The van der Waals surface area contributed by atoms with Gasteiger partial charge >= 0.3 is 0 Å². The van der Waals surface area contributed by atoms with Crippen molar-refractivity contribution in [3.63, 3.8) is 0 Å². The number of carbonyl (C=O) groups is 1. The number of amides is 1. The van der Waals surface area contributed by atoms with Crippen molar-refractivity contribution in [2.75, 3.05) is 24.5 Å². The zero-order chi connectivity index (χ0) is 18.8. The van der Waals surface area contributed by atoms with Gasteiger partial charge in [-0.3, -0.25) is 4.79 Å². The fraction of sp³-hybridized carbons (Fsp3) is 0.381. The second-order valence-corrected chi connectivity index (χ2v) is 7.98. The predicted molar refractivity (Wildman–Crippen MR) is 111 cm³/mol. The quantitative estimate of drug-likeness (QED) is 0.743. The van der Waals surface area contributed by atoms with Gasteiger partial charge in [0.15, 0.2) is 0 Å². The number of fused-ring (bicyclic) bond motifs is 1. The zero-order valence-electron chi connectivity index (χ0n) is 15.7. The van der Waals surface area contributed by atoms with Gasteiger partial charge in [-0.05, 0) is 38.3 Å². The van der Waals surface area contributed by atoms with Crippen molar-refractivity contribution in [1.82, 2.24) is 15.3 Å². The summed E-state index contributed by atoms with van der Waals surface area (Å²) in [7, 11) is 0. The minimum atomic E-state index is 0.113. The first-order chi connectivity index (χ1) is 13.2. The average molecular weight is 381 g/mol. The Balaban J connectivity index is 1.62. The van der Waals surface area contributed by atoms with Gasteiger partial charge in [0.05, 0.1) is 5.39 Å². The zero-order valence-corrected chi connectivity index (χ0v) is 16.6. The predicted octanol–water partition coefficient (Wildman–Crippen LogP) is 4.02. The maximum atomic E-state index is 12.1. The van der Waals surface area contributed by atoms with Crippen molar-refractivity contribution in [2.45, 2.75) is 26.7 Å². The molecule has 0 radical (unpaired) electrons. The molecule has 1 amide bonds. The molecule has 0 spiro atoms. The Morgan fingerprint density at radius 2 is 1.96 bits per heavy atom. The summed E-state index contributed by atoms with van der Waals surface area (Å²) in [5, 5.41) is 4.06. The van der Waals surface area contributed by atoms with Gasteiger partial charge in [0.2, 0.25) is 5.91 Å². The van der Waals surface area contributed by atoms with Crippen LogP contribution in [0.2, 0.25) is 0 Å². The summed E-state index contributed by atoms with van der Waals surface area (Å²) in [4.78, 5) is 26.1. The number of nitrogens with one attached hydrogen (secondary N) is 1. The largest absolute Gasteiger partial charge is 0.356 e. The molecule has 3 aromatic rings. The monoisotopic (exact) mass is 380 g/mol. The normalized spacial score (nSPS) is 15.3. The van der Waals surface area contributed by atoms with Crippen molar-refractivity contribution in [2.24, 2.45) is 5.92 Å².